The Labute approximate surface area is 115 Å². The van der Waals surface area contributed by atoms with Crippen LogP contribution in [0.15, 0.2) is 60.7 Å². The van der Waals surface area contributed by atoms with Gasteiger partial charge in [-0.1, -0.05) is 60.7 Å². The Morgan fingerprint density at radius 2 is 1.58 bits per heavy atom. The second kappa shape index (κ2) is 4.89. The second-order valence-corrected chi connectivity index (χ2v) is 5.20. The maximum atomic E-state index is 2.33. The SMILES string of the molecule is Cc1ccc(C2=CCC(c3ccccc3)=C2)cc1C. The van der Waals surface area contributed by atoms with Crippen LogP contribution in [0.25, 0.3) is 11.1 Å². The van der Waals surface area contributed by atoms with Crippen molar-refractivity contribution in [1.29, 1.82) is 0 Å². The van der Waals surface area contributed by atoms with Crippen molar-refractivity contribution in [3.05, 3.63) is 82.9 Å². The minimum Gasteiger partial charge on any atom is -0.0722 e. The van der Waals surface area contributed by atoms with Gasteiger partial charge in [-0.15, -0.1) is 0 Å². The standard InChI is InChI=1S/C19H18/c1-14-8-9-17(12-15(14)2)19-11-10-18(13-19)16-6-4-3-5-7-16/h3-9,11-13H,10H2,1-2H3. The fraction of sp³-hybridized carbons (Fsp3) is 0.158. The molecule has 1 aliphatic carbocycles. The summed E-state index contributed by atoms with van der Waals surface area (Å²) in [5.74, 6) is 0. The quantitative estimate of drug-likeness (QED) is 0.685. The highest BCUT2D eigenvalue weighted by Gasteiger charge is 2.10. The highest BCUT2D eigenvalue weighted by molar-refractivity contribution is 5.89. The van der Waals surface area contributed by atoms with E-state index in [9.17, 15) is 0 Å². The lowest BCUT2D eigenvalue weighted by atomic mass is 10.0. The Kier molecular flexibility index (Phi) is 3.08. The van der Waals surface area contributed by atoms with Crippen LogP contribution in [-0.4, -0.2) is 0 Å². The van der Waals surface area contributed by atoms with Crippen LogP contribution < -0.4 is 0 Å². The van der Waals surface area contributed by atoms with Crippen molar-refractivity contribution in [2.24, 2.45) is 0 Å². The Hall–Kier alpha value is -2.08. The van der Waals surface area contributed by atoms with Gasteiger partial charge in [-0.05, 0) is 53.7 Å². The first-order valence-electron chi connectivity index (χ1n) is 6.78. The molecule has 0 saturated heterocycles. The molecular formula is C19H18. The normalized spacial score (nSPS) is 14.2. The van der Waals surface area contributed by atoms with Crippen LogP contribution in [-0.2, 0) is 0 Å². The van der Waals surface area contributed by atoms with Crippen LogP contribution in [0.3, 0.4) is 0 Å². The fourth-order valence-corrected chi connectivity index (χ4v) is 2.50. The first kappa shape index (κ1) is 12.0. The molecule has 0 unspecified atom stereocenters. The molecule has 0 heteroatoms. The zero-order chi connectivity index (χ0) is 13.2. The molecule has 0 radical (unpaired) electrons. The summed E-state index contributed by atoms with van der Waals surface area (Å²) in [5.41, 5.74) is 8.14. The van der Waals surface area contributed by atoms with E-state index >= 15 is 0 Å². The van der Waals surface area contributed by atoms with Gasteiger partial charge in [0.2, 0.25) is 0 Å². The maximum absolute atomic E-state index is 2.33. The van der Waals surface area contributed by atoms with Crippen LogP contribution in [0.5, 0.6) is 0 Å². The summed E-state index contributed by atoms with van der Waals surface area (Å²) in [6.07, 6.45) is 5.68. The van der Waals surface area contributed by atoms with Gasteiger partial charge < -0.3 is 0 Å². The first-order chi connectivity index (χ1) is 9.24. The molecule has 2 aromatic carbocycles. The van der Waals surface area contributed by atoms with E-state index in [0.717, 1.165) is 6.42 Å². The van der Waals surface area contributed by atoms with Crippen LogP contribution in [0.4, 0.5) is 0 Å². The van der Waals surface area contributed by atoms with Crippen molar-refractivity contribution in [3.8, 4) is 0 Å². The number of hydrogen-bond acceptors (Lipinski definition) is 0. The van der Waals surface area contributed by atoms with Gasteiger partial charge in [0.1, 0.15) is 0 Å². The smallest absolute Gasteiger partial charge is 0.00821 e. The van der Waals surface area contributed by atoms with Gasteiger partial charge in [-0.3, -0.25) is 0 Å². The third kappa shape index (κ3) is 2.39. The summed E-state index contributed by atoms with van der Waals surface area (Å²) in [4.78, 5) is 0. The molecular weight excluding hydrogens is 228 g/mol. The molecule has 0 aromatic heterocycles. The molecule has 0 spiro atoms. The molecule has 0 aliphatic heterocycles. The van der Waals surface area contributed by atoms with Gasteiger partial charge in [0.15, 0.2) is 0 Å². The largest absolute Gasteiger partial charge is 0.0722 e. The highest BCUT2D eigenvalue weighted by Crippen LogP contribution is 2.32. The van der Waals surface area contributed by atoms with Crippen LogP contribution >= 0.6 is 0 Å². The summed E-state index contributed by atoms with van der Waals surface area (Å²) in [5, 5.41) is 0. The highest BCUT2D eigenvalue weighted by atomic mass is 14.1. The van der Waals surface area contributed by atoms with E-state index < -0.39 is 0 Å². The Balaban J connectivity index is 1.92. The predicted molar refractivity (Wildman–Crippen MR) is 82.9 cm³/mol. The van der Waals surface area contributed by atoms with Gasteiger partial charge in [-0.2, -0.15) is 0 Å². The average molecular weight is 246 g/mol. The van der Waals surface area contributed by atoms with Crippen molar-refractivity contribution < 1.29 is 0 Å². The molecule has 0 saturated carbocycles. The Bertz CT molecular complexity index is 658. The topological polar surface area (TPSA) is 0 Å². The van der Waals surface area contributed by atoms with E-state index in [0.29, 0.717) is 0 Å². The van der Waals surface area contributed by atoms with Gasteiger partial charge in [0, 0.05) is 0 Å². The van der Waals surface area contributed by atoms with Crippen molar-refractivity contribution in [2.45, 2.75) is 20.3 Å². The fourth-order valence-electron chi connectivity index (χ4n) is 2.50. The summed E-state index contributed by atoms with van der Waals surface area (Å²) >= 11 is 0. The van der Waals surface area contributed by atoms with Gasteiger partial charge in [-0.25, -0.2) is 0 Å². The summed E-state index contributed by atoms with van der Waals surface area (Å²) in [7, 11) is 0. The second-order valence-electron chi connectivity index (χ2n) is 5.20. The Morgan fingerprint density at radius 3 is 2.32 bits per heavy atom. The van der Waals surface area contributed by atoms with Gasteiger partial charge >= 0.3 is 0 Å². The van der Waals surface area contributed by atoms with E-state index in [-0.39, 0.29) is 0 Å². The number of allylic oxidation sites excluding steroid dienone is 4. The molecule has 0 N–H and O–H groups in total. The van der Waals surface area contributed by atoms with Crippen molar-refractivity contribution >= 4 is 11.1 Å². The van der Waals surface area contributed by atoms with Crippen molar-refractivity contribution in [2.75, 3.05) is 0 Å². The summed E-state index contributed by atoms with van der Waals surface area (Å²) in [6.45, 7) is 4.34. The molecule has 1 aliphatic rings. The summed E-state index contributed by atoms with van der Waals surface area (Å²) in [6, 6.07) is 17.3. The molecule has 2 aromatic rings. The number of aryl methyl sites for hydroxylation is 2. The third-order valence-electron chi connectivity index (χ3n) is 3.86. The number of rotatable bonds is 2. The molecule has 0 amide bonds. The number of hydrogen-bond donors (Lipinski definition) is 0. The molecule has 19 heavy (non-hydrogen) atoms. The van der Waals surface area contributed by atoms with Crippen LogP contribution in [0.2, 0.25) is 0 Å². The minimum atomic E-state index is 1.03. The number of benzene rings is 2. The van der Waals surface area contributed by atoms with Crippen LogP contribution in [0, 0.1) is 13.8 Å². The first-order valence-corrected chi connectivity index (χ1v) is 6.78. The van der Waals surface area contributed by atoms with E-state index in [1.165, 1.54) is 33.4 Å². The lowest BCUT2D eigenvalue weighted by Gasteiger charge is -2.05. The van der Waals surface area contributed by atoms with Crippen molar-refractivity contribution in [3.63, 3.8) is 0 Å². The molecule has 0 heterocycles. The lowest BCUT2D eigenvalue weighted by molar-refractivity contribution is 1.33. The third-order valence-corrected chi connectivity index (χ3v) is 3.86. The molecule has 0 nitrogen and oxygen atoms in total. The van der Waals surface area contributed by atoms with E-state index in [2.05, 4.69) is 74.5 Å². The predicted octanol–water partition coefficient (Wildman–Crippen LogP) is 5.17. The molecule has 0 fully saturated rings. The lowest BCUT2D eigenvalue weighted by Crippen LogP contribution is -1.85. The summed E-state index contributed by atoms with van der Waals surface area (Å²) < 4.78 is 0. The average Bonchev–Trinajstić information content (AvgIpc) is 2.93. The maximum Gasteiger partial charge on any atom is -0.00821 e. The molecule has 3 rings (SSSR count). The van der Waals surface area contributed by atoms with Gasteiger partial charge in [0.25, 0.3) is 0 Å². The molecule has 0 atom stereocenters. The minimum absolute atomic E-state index is 1.03. The van der Waals surface area contributed by atoms with E-state index in [1.54, 1.807) is 0 Å². The van der Waals surface area contributed by atoms with E-state index in [1.807, 2.05) is 0 Å². The zero-order valence-electron chi connectivity index (χ0n) is 11.5. The monoisotopic (exact) mass is 246 g/mol. The Morgan fingerprint density at radius 1 is 0.789 bits per heavy atom. The van der Waals surface area contributed by atoms with Crippen LogP contribution in [0.1, 0.15) is 28.7 Å². The van der Waals surface area contributed by atoms with E-state index in [4.69, 9.17) is 0 Å². The molecule has 94 valence electrons. The van der Waals surface area contributed by atoms with Crippen molar-refractivity contribution in [1.82, 2.24) is 0 Å². The van der Waals surface area contributed by atoms with Gasteiger partial charge in [0.05, 0.1) is 0 Å². The zero-order valence-corrected chi connectivity index (χ0v) is 11.5. The molecule has 0 bridgehead atoms.